The van der Waals surface area contributed by atoms with E-state index >= 15 is 0 Å². The maximum absolute atomic E-state index is 13.5. The van der Waals surface area contributed by atoms with Crippen LogP contribution in [0.1, 0.15) is 30.0 Å². The summed E-state index contributed by atoms with van der Waals surface area (Å²) in [4.78, 5) is 14.4. The number of halogens is 2. The van der Waals surface area contributed by atoms with E-state index in [1.807, 2.05) is 19.1 Å². The average molecular weight is 333 g/mol. The van der Waals surface area contributed by atoms with Gasteiger partial charge in [0, 0.05) is 17.3 Å². The molecule has 1 N–H and O–H groups in total. The van der Waals surface area contributed by atoms with Crippen LogP contribution in [-0.4, -0.2) is 17.5 Å². The molecule has 23 heavy (non-hydrogen) atoms. The fourth-order valence-electron chi connectivity index (χ4n) is 2.99. The molecule has 0 saturated carbocycles. The van der Waals surface area contributed by atoms with Crippen LogP contribution < -0.4 is 5.32 Å². The zero-order valence-electron chi connectivity index (χ0n) is 12.9. The highest BCUT2D eigenvalue weighted by Crippen LogP contribution is 2.33. The van der Waals surface area contributed by atoms with Crippen LogP contribution in [0.2, 0.25) is 5.02 Å². The topological polar surface area (TPSA) is 32.3 Å². The van der Waals surface area contributed by atoms with Gasteiger partial charge < -0.3 is 10.2 Å². The van der Waals surface area contributed by atoms with Crippen molar-refractivity contribution in [1.82, 2.24) is 4.90 Å². The van der Waals surface area contributed by atoms with Crippen molar-refractivity contribution in [2.45, 2.75) is 25.8 Å². The van der Waals surface area contributed by atoms with Gasteiger partial charge in [-0.1, -0.05) is 29.8 Å². The summed E-state index contributed by atoms with van der Waals surface area (Å²) < 4.78 is 13.5. The standard InChI is InChI=1S/C18H18ClFN2O/c1-12-7-8-14(19)11-16(12)21-18(23)22-9-3-6-17(22)13-4-2-5-15(20)10-13/h2,4-5,7-8,10-11,17H,3,6,9H2,1H3,(H,21,23). The van der Waals surface area contributed by atoms with E-state index in [9.17, 15) is 9.18 Å². The smallest absolute Gasteiger partial charge is 0.317 e. The van der Waals surface area contributed by atoms with Crippen molar-refractivity contribution >= 4 is 23.3 Å². The Hall–Kier alpha value is -2.07. The first-order valence-electron chi connectivity index (χ1n) is 7.64. The third-order valence-electron chi connectivity index (χ3n) is 4.19. The summed E-state index contributed by atoms with van der Waals surface area (Å²) >= 11 is 6.00. The highest BCUT2D eigenvalue weighted by Gasteiger charge is 2.30. The predicted octanol–water partition coefficient (Wildman–Crippen LogP) is 5.16. The van der Waals surface area contributed by atoms with Gasteiger partial charge in [-0.3, -0.25) is 0 Å². The SMILES string of the molecule is Cc1ccc(Cl)cc1NC(=O)N1CCCC1c1cccc(F)c1. The molecule has 0 radical (unpaired) electrons. The van der Waals surface area contributed by atoms with Crippen molar-refractivity contribution in [2.24, 2.45) is 0 Å². The molecule has 1 aliphatic rings. The van der Waals surface area contributed by atoms with Crippen molar-refractivity contribution in [3.63, 3.8) is 0 Å². The fourth-order valence-corrected chi connectivity index (χ4v) is 3.16. The Balaban J connectivity index is 1.79. The summed E-state index contributed by atoms with van der Waals surface area (Å²) in [6.45, 7) is 2.58. The number of urea groups is 1. The summed E-state index contributed by atoms with van der Waals surface area (Å²) in [7, 11) is 0. The van der Waals surface area contributed by atoms with E-state index < -0.39 is 0 Å². The van der Waals surface area contributed by atoms with Crippen LogP contribution in [0.4, 0.5) is 14.9 Å². The van der Waals surface area contributed by atoms with E-state index in [0.717, 1.165) is 24.0 Å². The van der Waals surface area contributed by atoms with Gasteiger partial charge >= 0.3 is 6.03 Å². The van der Waals surface area contributed by atoms with Crippen molar-refractivity contribution in [2.75, 3.05) is 11.9 Å². The Morgan fingerprint density at radius 3 is 2.91 bits per heavy atom. The molecular weight excluding hydrogens is 315 g/mol. The first-order chi connectivity index (χ1) is 11.0. The van der Waals surface area contributed by atoms with Crippen LogP contribution in [0.25, 0.3) is 0 Å². The van der Waals surface area contributed by atoms with Gasteiger partial charge in [0.15, 0.2) is 0 Å². The highest BCUT2D eigenvalue weighted by atomic mass is 35.5. The number of aryl methyl sites for hydroxylation is 1. The molecule has 0 bridgehead atoms. The molecule has 2 aromatic rings. The minimum Gasteiger partial charge on any atom is -0.317 e. The average Bonchev–Trinajstić information content (AvgIpc) is 3.00. The second-order valence-corrected chi connectivity index (χ2v) is 6.23. The molecule has 120 valence electrons. The van der Waals surface area contributed by atoms with Gasteiger partial charge in [0.2, 0.25) is 0 Å². The van der Waals surface area contributed by atoms with Crippen LogP contribution in [0.3, 0.4) is 0 Å². The fraction of sp³-hybridized carbons (Fsp3) is 0.278. The largest absolute Gasteiger partial charge is 0.322 e. The van der Waals surface area contributed by atoms with Gasteiger partial charge in [0.25, 0.3) is 0 Å². The first kappa shape index (κ1) is 15.8. The summed E-state index contributed by atoms with van der Waals surface area (Å²) in [6, 6.07) is 11.6. The second kappa shape index (κ2) is 6.59. The van der Waals surface area contributed by atoms with E-state index in [2.05, 4.69) is 5.32 Å². The number of anilines is 1. The monoisotopic (exact) mass is 332 g/mol. The van der Waals surface area contributed by atoms with Gasteiger partial charge in [-0.15, -0.1) is 0 Å². The molecule has 0 aromatic heterocycles. The number of hydrogen-bond donors (Lipinski definition) is 1. The third kappa shape index (κ3) is 3.48. The molecule has 5 heteroatoms. The molecule has 2 aromatic carbocycles. The summed E-state index contributed by atoms with van der Waals surface area (Å²) in [5.74, 6) is -0.277. The molecular formula is C18H18ClFN2O. The molecule has 3 rings (SSSR count). The number of nitrogens with one attached hydrogen (secondary N) is 1. The number of rotatable bonds is 2. The van der Waals surface area contributed by atoms with Crippen molar-refractivity contribution < 1.29 is 9.18 Å². The molecule has 1 fully saturated rings. The van der Waals surface area contributed by atoms with E-state index in [-0.39, 0.29) is 17.9 Å². The number of amides is 2. The number of carbonyl (C=O) groups is 1. The van der Waals surface area contributed by atoms with Gasteiger partial charge in [-0.2, -0.15) is 0 Å². The lowest BCUT2D eigenvalue weighted by molar-refractivity contribution is 0.207. The lowest BCUT2D eigenvalue weighted by atomic mass is 10.0. The Bertz CT molecular complexity index is 735. The normalized spacial score (nSPS) is 17.3. The Labute approximate surface area is 140 Å². The molecule has 1 unspecified atom stereocenters. The van der Waals surface area contributed by atoms with Crippen LogP contribution >= 0.6 is 11.6 Å². The van der Waals surface area contributed by atoms with Crippen molar-refractivity contribution in [1.29, 1.82) is 0 Å². The molecule has 0 aliphatic carbocycles. The quantitative estimate of drug-likeness (QED) is 0.809. The van der Waals surface area contributed by atoms with E-state index in [1.165, 1.54) is 12.1 Å². The van der Waals surface area contributed by atoms with Gasteiger partial charge in [0.05, 0.1) is 6.04 Å². The molecule has 0 spiro atoms. The van der Waals surface area contributed by atoms with E-state index in [1.54, 1.807) is 23.1 Å². The van der Waals surface area contributed by atoms with Crippen LogP contribution in [-0.2, 0) is 0 Å². The Morgan fingerprint density at radius 1 is 1.30 bits per heavy atom. The maximum Gasteiger partial charge on any atom is 0.322 e. The Morgan fingerprint density at radius 2 is 2.13 bits per heavy atom. The highest BCUT2D eigenvalue weighted by molar-refractivity contribution is 6.31. The number of hydrogen-bond acceptors (Lipinski definition) is 1. The Kier molecular flexibility index (Phi) is 4.53. The third-order valence-corrected chi connectivity index (χ3v) is 4.42. The zero-order valence-corrected chi connectivity index (χ0v) is 13.6. The number of likely N-dealkylation sites (tertiary alicyclic amines) is 1. The molecule has 1 aliphatic heterocycles. The summed E-state index contributed by atoms with van der Waals surface area (Å²) in [6.07, 6.45) is 1.74. The molecule has 3 nitrogen and oxygen atoms in total. The lowest BCUT2D eigenvalue weighted by Gasteiger charge is -2.26. The summed E-state index contributed by atoms with van der Waals surface area (Å²) in [5, 5.41) is 3.49. The number of carbonyl (C=O) groups excluding carboxylic acids is 1. The van der Waals surface area contributed by atoms with Crippen molar-refractivity contribution in [3.05, 3.63) is 64.4 Å². The van der Waals surface area contributed by atoms with Gasteiger partial charge in [0.1, 0.15) is 5.82 Å². The summed E-state index contributed by atoms with van der Waals surface area (Å²) in [5.41, 5.74) is 2.48. The predicted molar refractivity (Wildman–Crippen MR) is 90.3 cm³/mol. The van der Waals surface area contributed by atoms with E-state index in [0.29, 0.717) is 17.3 Å². The minimum atomic E-state index is -0.277. The molecule has 2 amide bonds. The number of benzene rings is 2. The molecule has 1 saturated heterocycles. The zero-order chi connectivity index (χ0) is 16.4. The van der Waals surface area contributed by atoms with E-state index in [4.69, 9.17) is 11.6 Å². The van der Waals surface area contributed by atoms with Gasteiger partial charge in [-0.25, -0.2) is 9.18 Å². The lowest BCUT2D eigenvalue weighted by Crippen LogP contribution is -2.34. The van der Waals surface area contributed by atoms with Gasteiger partial charge in [-0.05, 0) is 55.2 Å². The number of nitrogens with zero attached hydrogens (tertiary/aromatic N) is 1. The maximum atomic E-state index is 13.5. The van der Waals surface area contributed by atoms with Crippen LogP contribution in [0.5, 0.6) is 0 Å². The first-order valence-corrected chi connectivity index (χ1v) is 8.01. The van der Waals surface area contributed by atoms with Crippen LogP contribution in [0.15, 0.2) is 42.5 Å². The molecule has 1 heterocycles. The second-order valence-electron chi connectivity index (χ2n) is 5.80. The van der Waals surface area contributed by atoms with Crippen molar-refractivity contribution in [3.8, 4) is 0 Å². The minimum absolute atomic E-state index is 0.0924. The molecule has 1 atom stereocenters. The van der Waals surface area contributed by atoms with Crippen LogP contribution in [0, 0.1) is 12.7 Å².